The minimum atomic E-state index is -1.10. The van der Waals surface area contributed by atoms with E-state index in [0.29, 0.717) is 5.75 Å². The highest BCUT2D eigenvalue weighted by Gasteiger charge is 2.24. The van der Waals surface area contributed by atoms with E-state index >= 15 is 0 Å². The molecule has 5 nitrogen and oxygen atoms in total. The van der Waals surface area contributed by atoms with Gasteiger partial charge in [0, 0.05) is 12.3 Å². The first-order chi connectivity index (χ1) is 9.53. The van der Waals surface area contributed by atoms with Crippen LogP contribution in [0.4, 0.5) is 0 Å². The van der Waals surface area contributed by atoms with Gasteiger partial charge in [-0.25, -0.2) is 0 Å². The van der Waals surface area contributed by atoms with Crippen LogP contribution >= 0.6 is 11.3 Å². The summed E-state index contributed by atoms with van der Waals surface area (Å²) < 4.78 is 5.04. The van der Waals surface area contributed by atoms with Gasteiger partial charge in [0.25, 0.3) is 5.91 Å². The van der Waals surface area contributed by atoms with Gasteiger partial charge in [-0.15, -0.1) is 0 Å². The molecule has 2 aromatic heterocycles. The third-order valence-electron chi connectivity index (χ3n) is 2.94. The first-order valence-electron chi connectivity index (χ1n) is 6.06. The van der Waals surface area contributed by atoms with Crippen LogP contribution in [0.25, 0.3) is 0 Å². The van der Waals surface area contributed by atoms with Crippen LogP contribution < -0.4 is 10.1 Å². The van der Waals surface area contributed by atoms with Gasteiger partial charge in [-0.05, 0) is 35.4 Å². The molecule has 2 N–H and O–H groups in total. The largest absolute Gasteiger partial charge is 0.497 e. The average molecular weight is 292 g/mol. The summed E-state index contributed by atoms with van der Waals surface area (Å²) in [6, 6.07) is 5.05. The summed E-state index contributed by atoms with van der Waals surface area (Å²) in [6.45, 7) is 1.77. The normalized spacial score (nSPS) is 13.6. The minimum absolute atomic E-state index is 0.113. The Hall–Kier alpha value is -1.92. The van der Waals surface area contributed by atoms with Gasteiger partial charge in [0.2, 0.25) is 0 Å². The van der Waals surface area contributed by atoms with Crippen LogP contribution in [0.5, 0.6) is 5.75 Å². The number of nitrogens with zero attached hydrogens (tertiary/aromatic N) is 1. The number of methoxy groups -OCH3 is 1. The molecule has 20 heavy (non-hydrogen) atoms. The van der Waals surface area contributed by atoms with Crippen molar-refractivity contribution in [1.82, 2.24) is 10.3 Å². The monoisotopic (exact) mass is 292 g/mol. The Labute approximate surface area is 121 Å². The molecular weight excluding hydrogens is 276 g/mol. The molecule has 1 unspecified atom stereocenters. The second-order valence-corrected chi connectivity index (χ2v) is 5.33. The van der Waals surface area contributed by atoms with Gasteiger partial charge in [-0.3, -0.25) is 9.78 Å². The predicted octanol–water partition coefficient (Wildman–Crippen LogP) is 1.79. The van der Waals surface area contributed by atoms with Crippen LogP contribution in [0, 0.1) is 0 Å². The molecule has 0 aliphatic rings. The number of pyridine rings is 1. The van der Waals surface area contributed by atoms with E-state index in [1.54, 1.807) is 19.1 Å². The van der Waals surface area contributed by atoms with Gasteiger partial charge < -0.3 is 15.2 Å². The summed E-state index contributed by atoms with van der Waals surface area (Å²) >= 11 is 1.50. The Morgan fingerprint density at radius 3 is 3.00 bits per heavy atom. The Kier molecular flexibility index (Phi) is 4.36. The number of nitrogens with one attached hydrogen (secondary N) is 1. The zero-order valence-corrected chi connectivity index (χ0v) is 12.1. The van der Waals surface area contributed by atoms with Crippen molar-refractivity contribution in [1.29, 1.82) is 0 Å². The van der Waals surface area contributed by atoms with Crippen LogP contribution in [0.1, 0.15) is 23.0 Å². The van der Waals surface area contributed by atoms with Gasteiger partial charge in [0.05, 0.1) is 13.7 Å². The van der Waals surface area contributed by atoms with Gasteiger partial charge in [0.1, 0.15) is 17.0 Å². The van der Waals surface area contributed by atoms with E-state index in [1.807, 2.05) is 16.8 Å². The van der Waals surface area contributed by atoms with Crippen LogP contribution in [-0.4, -0.2) is 29.7 Å². The molecule has 0 aliphatic heterocycles. The number of ether oxygens (including phenoxy) is 1. The van der Waals surface area contributed by atoms with Crippen molar-refractivity contribution in [3.05, 3.63) is 46.4 Å². The number of aliphatic hydroxyl groups is 1. The number of rotatable bonds is 5. The van der Waals surface area contributed by atoms with Crippen molar-refractivity contribution in [3.63, 3.8) is 0 Å². The predicted molar refractivity (Wildman–Crippen MR) is 77.0 cm³/mol. The van der Waals surface area contributed by atoms with Gasteiger partial charge in [0.15, 0.2) is 0 Å². The molecule has 1 atom stereocenters. The Balaban J connectivity index is 2.01. The number of aromatic nitrogens is 1. The maximum atomic E-state index is 12.0. The summed E-state index contributed by atoms with van der Waals surface area (Å²) in [6.07, 6.45) is 1.50. The number of carbonyl (C=O) groups excluding carboxylic acids is 1. The van der Waals surface area contributed by atoms with Crippen LogP contribution in [0.15, 0.2) is 35.2 Å². The van der Waals surface area contributed by atoms with E-state index in [0.717, 1.165) is 5.56 Å². The topological polar surface area (TPSA) is 71.5 Å². The number of hydrogen-bond donors (Lipinski definition) is 2. The standard InChI is InChI=1S/C14H16N2O3S/c1-14(18,10-4-6-20-8-10)9-16-13(17)12-7-11(19-2)3-5-15-12/h3-8,18H,9H2,1-2H3,(H,16,17). The van der Waals surface area contributed by atoms with Crippen molar-refractivity contribution in [3.8, 4) is 5.75 Å². The molecule has 1 amide bonds. The van der Waals surface area contributed by atoms with Crippen molar-refractivity contribution in [2.75, 3.05) is 13.7 Å². The first-order valence-corrected chi connectivity index (χ1v) is 7.00. The molecule has 0 radical (unpaired) electrons. The highest BCUT2D eigenvalue weighted by Crippen LogP contribution is 2.22. The molecular formula is C14H16N2O3S. The molecule has 2 heterocycles. The Morgan fingerprint density at radius 1 is 1.55 bits per heavy atom. The molecule has 0 fully saturated rings. The zero-order valence-electron chi connectivity index (χ0n) is 11.3. The summed E-state index contributed by atoms with van der Waals surface area (Å²) in [5, 5.41) is 16.7. The molecule has 106 valence electrons. The van der Waals surface area contributed by atoms with Crippen LogP contribution in [0.3, 0.4) is 0 Å². The highest BCUT2D eigenvalue weighted by molar-refractivity contribution is 7.08. The van der Waals surface area contributed by atoms with Crippen molar-refractivity contribution in [2.24, 2.45) is 0 Å². The highest BCUT2D eigenvalue weighted by atomic mass is 32.1. The lowest BCUT2D eigenvalue weighted by molar-refractivity contribution is 0.0528. The van der Waals surface area contributed by atoms with Crippen molar-refractivity contribution in [2.45, 2.75) is 12.5 Å². The minimum Gasteiger partial charge on any atom is -0.497 e. The lowest BCUT2D eigenvalue weighted by atomic mass is 9.99. The lowest BCUT2D eigenvalue weighted by Crippen LogP contribution is -2.38. The molecule has 0 aliphatic carbocycles. The number of hydrogen-bond acceptors (Lipinski definition) is 5. The summed E-state index contributed by atoms with van der Waals surface area (Å²) in [5.41, 5.74) is -0.0685. The smallest absolute Gasteiger partial charge is 0.270 e. The SMILES string of the molecule is COc1ccnc(C(=O)NCC(C)(O)c2ccsc2)c1. The Morgan fingerprint density at radius 2 is 2.35 bits per heavy atom. The molecule has 0 aromatic carbocycles. The molecule has 6 heteroatoms. The summed E-state index contributed by atoms with van der Waals surface area (Å²) in [4.78, 5) is 16.0. The van der Waals surface area contributed by atoms with Crippen molar-refractivity contribution >= 4 is 17.2 Å². The third kappa shape index (κ3) is 3.34. The van der Waals surface area contributed by atoms with E-state index in [-0.39, 0.29) is 18.1 Å². The number of amides is 1. The molecule has 0 saturated heterocycles. The van der Waals surface area contributed by atoms with Crippen molar-refractivity contribution < 1.29 is 14.6 Å². The van der Waals surface area contributed by atoms with E-state index in [1.165, 1.54) is 24.6 Å². The van der Waals surface area contributed by atoms with Gasteiger partial charge >= 0.3 is 0 Å². The fourth-order valence-electron chi connectivity index (χ4n) is 1.68. The van der Waals surface area contributed by atoms with E-state index < -0.39 is 5.60 Å². The molecule has 0 bridgehead atoms. The quantitative estimate of drug-likeness (QED) is 0.881. The maximum absolute atomic E-state index is 12.0. The van der Waals surface area contributed by atoms with Crippen LogP contribution in [0.2, 0.25) is 0 Å². The van der Waals surface area contributed by atoms with E-state index in [2.05, 4.69) is 10.3 Å². The summed E-state index contributed by atoms with van der Waals surface area (Å²) in [5.74, 6) is 0.217. The fraction of sp³-hybridized carbons (Fsp3) is 0.286. The molecule has 0 saturated carbocycles. The van der Waals surface area contributed by atoms with Crippen LogP contribution in [-0.2, 0) is 5.60 Å². The maximum Gasteiger partial charge on any atom is 0.270 e. The van der Waals surface area contributed by atoms with E-state index in [9.17, 15) is 9.90 Å². The van der Waals surface area contributed by atoms with Gasteiger partial charge in [-0.2, -0.15) is 11.3 Å². The molecule has 0 spiro atoms. The second-order valence-electron chi connectivity index (χ2n) is 4.55. The third-order valence-corrected chi connectivity index (χ3v) is 3.62. The second kappa shape index (κ2) is 6.02. The average Bonchev–Trinajstić information content (AvgIpc) is 3.00. The number of carbonyl (C=O) groups is 1. The van der Waals surface area contributed by atoms with E-state index in [4.69, 9.17) is 4.74 Å². The fourth-order valence-corrected chi connectivity index (χ4v) is 2.46. The zero-order chi connectivity index (χ0) is 14.6. The lowest BCUT2D eigenvalue weighted by Gasteiger charge is -2.22. The summed E-state index contributed by atoms with van der Waals surface area (Å²) in [7, 11) is 1.53. The first kappa shape index (κ1) is 14.5. The number of thiophene rings is 1. The Bertz CT molecular complexity index is 582. The molecule has 2 rings (SSSR count). The molecule has 2 aromatic rings. The van der Waals surface area contributed by atoms with Gasteiger partial charge in [-0.1, -0.05) is 0 Å².